The van der Waals surface area contributed by atoms with E-state index in [1.165, 1.54) is 13.1 Å². The van der Waals surface area contributed by atoms with E-state index in [0.29, 0.717) is 0 Å². The summed E-state index contributed by atoms with van der Waals surface area (Å²) in [5.41, 5.74) is -0.420. The normalized spacial score (nSPS) is 11.0. The third-order valence-electron chi connectivity index (χ3n) is 4.03. The number of nitro groups is 1. The summed E-state index contributed by atoms with van der Waals surface area (Å²) in [7, 11) is 0. The lowest BCUT2D eigenvalue weighted by molar-refractivity contribution is -0.389. The van der Waals surface area contributed by atoms with Gasteiger partial charge in [0.05, 0.1) is 29.2 Å². The fraction of sp³-hybridized carbons (Fsp3) is 0.188. The van der Waals surface area contributed by atoms with Crippen molar-refractivity contribution in [1.29, 1.82) is 0 Å². The van der Waals surface area contributed by atoms with Crippen molar-refractivity contribution >= 4 is 29.0 Å². The maximum atomic E-state index is 13.8. The Labute approximate surface area is 170 Å². The summed E-state index contributed by atoms with van der Waals surface area (Å²) in [6, 6.07) is 0.219. The molecule has 0 fully saturated rings. The zero-order valence-corrected chi connectivity index (χ0v) is 15.8. The Bertz CT molecular complexity index is 1160. The van der Waals surface area contributed by atoms with Crippen LogP contribution in [0.25, 0.3) is 0 Å². The number of anilines is 1. The second kappa shape index (κ2) is 8.10. The molecule has 1 amide bonds. The van der Waals surface area contributed by atoms with Gasteiger partial charge in [-0.1, -0.05) is 11.6 Å². The molecule has 0 aliphatic rings. The predicted octanol–water partition coefficient (Wildman–Crippen LogP) is 3.19. The van der Waals surface area contributed by atoms with Gasteiger partial charge in [-0.15, -0.1) is 0 Å². The third kappa shape index (κ3) is 4.10. The van der Waals surface area contributed by atoms with Gasteiger partial charge in [0.2, 0.25) is 5.91 Å². The number of halogens is 5. The number of carbonyl (C=O) groups excluding carboxylic acids is 1. The Hall–Kier alpha value is -3.48. The molecule has 9 nitrogen and oxygen atoms in total. The number of aromatic nitrogens is 4. The molecule has 3 aromatic rings. The highest BCUT2D eigenvalue weighted by molar-refractivity contribution is 6.33. The smallest absolute Gasteiger partial charge is 0.358 e. The lowest BCUT2D eigenvalue weighted by Gasteiger charge is -2.07. The maximum absolute atomic E-state index is 13.8. The third-order valence-corrected chi connectivity index (χ3v) is 4.47. The van der Waals surface area contributed by atoms with Crippen LogP contribution in [0, 0.1) is 40.3 Å². The molecule has 0 unspecified atom stereocenters. The van der Waals surface area contributed by atoms with Crippen LogP contribution in [0.5, 0.6) is 0 Å². The number of benzene rings is 1. The predicted molar refractivity (Wildman–Crippen MR) is 94.9 cm³/mol. The van der Waals surface area contributed by atoms with Crippen molar-refractivity contribution in [2.45, 2.75) is 20.0 Å². The summed E-state index contributed by atoms with van der Waals surface area (Å²) in [6.45, 7) is 0.473. The molecule has 0 aliphatic heterocycles. The fourth-order valence-corrected chi connectivity index (χ4v) is 2.75. The average molecular weight is 447 g/mol. The zero-order valence-electron chi connectivity index (χ0n) is 15.0. The topological polar surface area (TPSA) is 108 Å². The van der Waals surface area contributed by atoms with E-state index in [9.17, 15) is 32.5 Å². The van der Waals surface area contributed by atoms with Gasteiger partial charge in [-0.25, -0.2) is 17.6 Å². The van der Waals surface area contributed by atoms with Crippen LogP contribution < -0.4 is 5.32 Å². The Morgan fingerprint density at radius 3 is 2.60 bits per heavy atom. The molecule has 0 bridgehead atoms. The van der Waals surface area contributed by atoms with E-state index in [4.69, 9.17) is 11.6 Å². The first-order valence-electron chi connectivity index (χ1n) is 8.10. The van der Waals surface area contributed by atoms with E-state index < -0.39 is 58.6 Å². The summed E-state index contributed by atoms with van der Waals surface area (Å²) in [6.07, 6.45) is 2.35. The van der Waals surface area contributed by atoms with Crippen molar-refractivity contribution in [2.24, 2.45) is 0 Å². The van der Waals surface area contributed by atoms with Crippen LogP contribution in [-0.2, 0) is 17.9 Å². The van der Waals surface area contributed by atoms with E-state index in [2.05, 4.69) is 15.5 Å². The van der Waals surface area contributed by atoms with E-state index >= 15 is 0 Å². The van der Waals surface area contributed by atoms with Crippen LogP contribution in [-0.4, -0.2) is 30.4 Å². The molecule has 2 aromatic heterocycles. The molecular weight excluding hydrogens is 436 g/mol. The van der Waals surface area contributed by atoms with E-state index in [1.54, 1.807) is 0 Å². The quantitative estimate of drug-likeness (QED) is 0.206. The van der Waals surface area contributed by atoms with Gasteiger partial charge in [-0.3, -0.25) is 9.48 Å². The minimum absolute atomic E-state index is 0.119. The van der Waals surface area contributed by atoms with Crippen LogP contribution in [0.15, 0.2) is 18.5 Å². The molecule has 30 heavy (non-hydrogen) atoms. The molecule has 0 spiro atoms. The number of amides is 1. The number of hydrogen-bond donors (Lipinski definition) is 1. The molecule has 0 radical (unpaired) electrons. The van der Waals surface area contributed by atoms with Gasteiger partial charge >= 0.3 is 5.82 Å². The first-order valence-corrected chi connectivity index (χ1v) is 8.47. The van der Waals surface area contributed by atoms with Crippen molar-refractivity contribution in [3.63, 3.8) is 0 Å². The molecule has 0 saturated heterocycles. The maximum Gasteiger partial charge on any atom is 0.408 e. The van der Waals surface area contributed by atoms with Crippen molar-refractivity contribution in [3.8, 4) is 0 Å². The number of carbonyl (C=O) groups is 1. The lowest BCUT2D eigenvalue weighted by Crippen LogP contribution is -2.20. The summed E-state index contributed by atoms with van der Waals surface area (Å²) >= 11 is 5.80. The monoisotopic (exact) mass is 446 g/mol. The number of nitrogens with zero attached hydrogens (tertiary/aromatic N) is 5. The second-order valence-corrected chi connectivity index (χ2v) is 6.44. The molecule has 14 heteroatoms. The molecular formula is C16H11ClF4N6O3. The highest BCUT2D eigenvalue weighted by atomic mass is 35.5. The van der Waals surface area contributed by atoms with Crippen LogP contribution in [0.3, 0.4) is 0 Å². The summed E-state index contributed by atoms with van der Waals surface area (Å²) < 4.78 is 55.8. The average Bonchev–Trinajstić information content (AvgIpc) is 3.22. The van der Waals surface area contributed by atoms with Gasteiger partial charge in [0.1, 0.15) is 12.4 Å². The lowest BCUT2D eigenvalue weighted by atomic mass is 10.2. The molecule has 1 N–H and O–H groups in total. The second-order valence-electron chi connectivity index (χ2n) is 6.06. The fourth-order valence-electron chi connectivity index (χ4n) is 2.54. The van der Waals surface area contributed by atoms with Gasteiger partial charge in [-0.2, -0.15) is 9.78 Å². The van der Waals surface area contributed by atoms with Crippen molar-refractivity contribution in [3.05, 3.63) is 68.1 Å². The Morgan fingerprint density at radius 1 is 1.27 bits per heavy atom. The Balaban J connectivity index is 1.71. The first kappa shape index (κ1) is 21.2. The Kier molecular flexibility index (Phi) is 5.73. The van der Waals surface area contributed by atoms with Crippen LogP contribution >= 0.6 is 11.6 Å². The van der Waals surface area contributed by atoms with Crippen LogP contribution in [0.1, 0.15) is 11.3 Å². The standard InChI is InChI=1S/C16H11ClF4N6O3/c1-7-13(17)16(27(29)30)24-26(7)6-12(28)23-8-3-22-25(4-8)5-9-10(18)2-11(19)15(21)14(9)20/h2-4H,5-6H2,1H3,(H,23,28). The van der Waals surface area contributed by atoms with Gasteiger partial charge in [0.25, 0.3) is 0 Å². The minimum Gasteiger partial charge on any atom is -0.358 e. The van der Waals surface area contributed by atoms with E-state index in [0.717, 1.165) is 15.6 Å². The summed E-state index contributed by atoms with van der Waals surface area (Å²) in [5, 5.41) is 20.5. The molecule has 0 atom stereocenters. The van der Waals surface area contributed by atoms with Gasteiger partial charge in [0, 0.05) is 17.8 Å². The van der Waals surface area contributed by atoms with Crippen molar-refractivity contribution in [2.75, 3.05) is 5.32 Å². The van der Waals surface area contributed by atoms with E-state index in [1.807, 2.05) is 0 Å². The molecule has 0 saturated carbocycles. The number of hydrogen-bond acceptors (Lipinski definition) is 5. The Morgan fingerprint density at radius 2 is 1.97 bits per heavy atom. The SMILES string of the molecule is Cc1c(Cl)c([N+](=O)[O-])nn1CC(=O)Nc1cnn(Cc2c(F)cc(F)c(F)c2F)c1. The first-order chi connectivity index (χ1) is 14.1. The van der Waals surface area contributed by atoms with Gasteiger partial charge in [-0.05, 0) is 11.8 Å². The van der Waals surface area contributed by atoms with Crippen molar-refractivity contribution < 1.29 is 27.3 Å². The molecule has 3 rings (SSSR count). The summed E-state index contributed by atoms with van der Waals surface area (Å²) in [4.78, 5) is 22.2. The largest absolute Gasteiger partial charge is 0.408 e. The number of nitrogens with one attached hydrogen (secondary N) is 1. The van der Waals surface area contributed by atoms with Crippen LogP contribution in [0.2, 0.25) is 5.02 Å². The van der Waals surface area contributed by atoms with Crippen molar-refractivity contribution in [1.82, 2.24) is 19.6 Å². The van der Waals surface area contributed by atoms with Crippen LogP contribution in [0.4, 0.5) is 29.1 Å². The van der Waals surface area contributed by atoms with E-state index in [-0.39, 0.29) is 22.5 Å². The highest BCUT2D eigenvalue weighted by Gasteiger charge is 2.25. The van der Waals surface area contributed by atoms with Gasteiger partial charge in [0.15, 0.2) is 22.5 Å². The molecule has 1 aromatic carbocycles. The molecule has 0 aliphatic carbocycles. The summed E-state index contributed by atoms with van der Waals surface area (Å²) in [5.74, 6) is -7.67. The molecule has 158 valence electrons. The minimum atomic E-state index is -1.81. The highest BCUT2D eigenvalue weighted by Crippen LogP contribution is 2.26. The number of rotatable bonds is 6. The molecule has 2 heterocycles. The zero-order chi connectivity index (χ0) is 22.2. The van der Waals surface area contributed by atoms with Gasteiger partial charge < -0.3 is 15.4 Å².